The molecule has 1 aromatic rings. The summed E-state index contributed by atoms with van der Waals surface area (Å²) < 4.78 is 0. The highest BCUT2D eigenvalue weighted by Gasteiger charge is 2.14. The molecule has 0 fully saturated rings. The molecule has 3 N–H and O–H groups in total. The predicted octanol–water partition coefficient (Wildman–Crippen LogP) is 2.30. The summed E-state index contributed by atoms with van der Waals surface area (Å²) in [5, 5.41) is 12.0. The third-order valence-electron chi connectivity index (χ3n) is 3.71. The molecule has 2 unspecified atom stereocenters. The van der Waals surface area contributed by atoms with Gasteiger partial charge in [-0.15, -0.1) is 0 Å². The number of nitrogens with one attached hydrogen (secondary N) is 2. The smallest absolute Gasteiger partial charge is 0.107 e. The van der Waals surface area contributed by atoms with Crippen LogP contribution in [0.4, 0.5) is 0 Å². The van der Waals surface area contributed by atoms with E-state index < -0.39 is 0 Å². The molecule has 1 aromatic heterocycles. The lowest BCUT2D eigenvalue weighted by molar-refractivity contribution is 0.327. The Balaban J connectivity index is 0.000000238. The van der Waals surface area contributed by atoms with Gasteiger partial charge in [-0.1, -0.05) is 18.7 Å². The zero-order valence-electron chi connectivity index (χ0n) is 14.6. The normalized spacial score (nSPS) is 18.3. The van der Waals surface area contributed by atoms with Gasteiger partial charge in [0.05, 0.1) is 18.2 Å². The molecule has 23 heavy (non-hydrogen) atoms. The van der Waals surface area contributed by atoms with Gasteiger partial charge < -0.3 is 20.3 Å². The van der Waals surface area contributed by atoms with Crippen LogP contribution in [0.15, 0.2) is 42.0 Å². The summed E-state index contributed by atoms with van der Waals surface area (Å²) in [6.07, 6.45) is 5.36. The van der Waals surface area contributed by atoms with E-state index in [1.165, 1.54) is 5.57 Å². The molecular weight excluding hydrogens is 290 g/mol. The summed E-state index contributed by atoms with van der Waals surface area (Å²) in [6.45, 7) is 12.2. The second-order valence-corrected chi connectivity index (χ2v) is 6.05. The Morgan fingerprint density at radius 1 is 1.48 bits per heavy atom. The summed E-state index contributed by atoms with van der Waals surface area (Å²) in [5.41, 5.74) is 2.33. The fourth-order valence-electron chi connectivity index (χ4n) is 2.38. The van der Waals surface area contributed by atoms with Gasteiger partial charge in [0.25, 0.3) is 0 Å². The van der Waals surface area contributed by atoms with Crippen LogP contribution in [0.5, 0.6) is 0 Å². The van der Waals surface area contributed by atoms with Crippen molar-refractivity contribution in [2.75, 3.05) is 20.6 Å². The molecule has 1 aliphatic rings. The Hall–Kier alpha value is -2.08. The average Bonchev–Trinajstić information content (AvgIpc) is 2.98. The molecule has 2 rings (SSSR count). The van der Waals surface area contributed by atoms with E-state index in [0.717, 1.165) is 30.9 Å². The lowest BCUT2D eigenvalue weighted by atomic mass is 10.0. The van der Waals surface area contributed by atoms with Crippen molar-refractivity contribution >= 4 is 5.84 Å². The number of aromatic nitrogens is 2. The number of likely N-dealkylation sites (N-methyl/N-ethyl adjacent to an activating group) is 1. The number of aliphatic imine (C=N–C) groups is 1. The maximum absolute atomic E-state index is 8.98. The Bertz CT molecular complexity index is 533. The average molecular weight is 319 g/mol. The maximum Gasteiger partial charge on any atom is 0.107 e. The van der Waals surface area contributed by atoms with Crippen LogP contribution in [0.2, 0.25) is 0 Å². The van der Waals surface area contributed by atoms with Gasteiger partial charge in [-0.25, -0.2) is 4.98 Å². The molecule has 128 valence electrons. The highest BCUT2D eigenvalue weighted by atomic mass is 16.3. The van der Waals surface area contributed by atoms with Crippen LogP contribution in [0.3, 0.4) is 0 Å². The van der Waals surface area contributed by atoms with E-state index in [1.54, 1.807) is 6.33 Å². The molecule has 0 radical (unpaired) electrons. The van der Waals surface area contributed by atoms with Crippen molar-refractivity contribution in [2.24, 2.45) is 4.99 Å². The fourth-order valence-corrected chi connectivity index (χ4v) is 2.38. The van der Waals surface area contributed by atoms with Gasteiger partial charge in [0.1, 0.15) is 5.76 Å². The number of aromatic amines is 1. The van der Waals surface area contributed by atoms with Gasteiger partial charge in [-0.2, -0.15) is 0 Å². The number of aliphatic hydroxyl groups excluding tert-OH is 1. The van der Waals surface area contributed by atoms with Crippen LogP contribution in [0.25, 0.3) is 0 Å². The van der Waals surface area contributed by atoms with Gasteiger partial charge in [-0.05, 0) is 34.4 Å². The second kappa shape index (κ2) is 9.15. The summed E-state index contributed by atoms with van der Waals surface area (Å²) >= 11 is 0. The standard InChI is InChI=1S/C10H17N3.C7H12N2O/c1-8(2)10(13(3)4)5-9-6-11-7-12-9;1-5(10)7-3-4-8-6(2)9-7/h6-7,10H,1,5H2,2-4H3,(H,11,12);7,10H,1,3-4H2,2H3,(H,8,9). The molecule has 2 atom stereocenters. The van der Waals surface area contributed by atoms with Crippen LogP contribution >= 0.6 is 0 Å². The molecule has 1 aliphatic heterocycles. The minimum Gasteiger partial charge on any atom is -0.511 e. The Morgan fingerprint density at radius 3 is 2.57 bits per heavy atom. The van der Waals surface area contributed by atoms with E-state index in [-0.39, 0.29) is 11.8 Å². The van der Waals surface area contributed by atoms with Crippen molar-refractivity contribution in [1.82, 2.24) is 20.2 Å². The van der Waals surface area contributed by atoms with Crippen LogP contribution in [-0.2, 0) is 6.42 Å². The summed E-state index contributed by atoms with van der Waals surface area (Å²) in [7, 11) is 4.13. The Kier molecular flexibility index (Phi) is 7.54. The SMILES string of the molecule is C=C(C)C(Cc1cnc[nH]1)N(C)C.C=C(O)C1CCN=C(C)N1. The quantitative estimate of drug-likeness (QED) is 0.575. The van der Waals surface area contributed by atoms with Crippen molar-refractivity contribution in [3.05, 3.63) is 42.7 Å². The van der Waals surface area contributed by atoms with Crippen molar-refractivity contribution < 1.29 is 5.11 Å². The first kappa shape index (κ1) is 19.0. The molecule has 0 aromatic carbocycles. The van der Waals surface area contributed by atoms with Crippen LogP contribution in [0.1, 0.15) is 26.0 Å². The number of aliphatic hydroxyl groups is 1. The molecule has 0 bridgehead atoms. The second-order valence-electron chi connectivity index (χ2n) is 6.05. The number of H-pyrrole nitrogens is 1. The number of hydrogen-bond donors (Lipinski definition) is 3. The highest BCUT2D eigenvalue weighted by molar-refractivity contribution is 5.80. The van der Waals surface area contributed by atoms with Crippen LogP contribution in [-0.4, -0.2) is 58.5 Å². The molecule has 0 amide bonds. The number of nitrogens with zero attached hydrogens (tertiary/aromatic N) is 3. The van der Waals surface area contributed by atoms with Crippen molar-refractivity contribution in [3.63, 3.8) is 0 Å². The summed E-state index contributed by atoms with van der Waals surface area (Å²) in [5.74, 6) is 1.08. The lowest BCUT2D eigenvalue weighted by Crippen LogP contribution is -2.38. The van der Waals surface area contributed by atoms with E-state index in [2.05, 4.69) is 59.4 Å². The van der Waals surface area contributed by atoms with Gasteiger partial charge in [-0.3, -0.25) is 4.99 Å². The maximum atomic E-state index is 8.98. The van der Waals surface area contributed by atoms with Crippen LogP contribution < -0.4 is 5.32 Å². The first-order valence-corrected chi connectivity index (χ1v) is 7.75. The van der Waals surface area contributed by atoms with E-state index >= 15 is 0 Å². The number of imidazole rings is 1. The van der Waals surface area contributed by atoms with Crippen molar-refractivity contribution in [1.29, 1.82) is 0 Å². The van der Waals surface area contributed by atoms with Gasteiger partial charge in [0.15, 0.2) is 0 Å². The highest BCUT2D eigenvalue weighted by Crippen LogP contribution is 2.10. The van der Waals surface area contributed by atoms with E-state index in [0.29, 0.717) is 6.04 Å². The Labute approximate surface area is 139 Å². The van der Waals surface area contributed by atoms with Gasteiger partial charge in [0.2, 0.25) is 0 Å². The number of amidine groups is 1. The molecule has 0 saturated heterocycles. The minimum atomic E-state index is 0.0116. The number of rotatable bonds is 5. The predicted molar refractivity (Wildman–Crippen MR) is 95.9 cm³/mol. The third kappa shape index (κ3) is 6.69. The molecule has 2 heterocycles. The zero-order valence-corrected chi connectivity index (χ0v) is 14.6. The van der Waals surface area contributed by atoms with Gasteiger partial charge >= 0.3 is 0 Å². The molecule has 0 saturated carbocycles. The largest absolute Gasteiger partial charge is 0.511 e. The summed E-state index contributed by atoms with van der Waals surface area (Å²) in [4.78, 5) is 13.4. The van der Waals surface area contributed by atoms with E-state index in [9.17, 15) is 0 Å². The first-order valence-electron chi connectivity index (χ1n) is 7.75. The molecule has 6 nitrogen and oxygen atoms in total. The Morgan fingerprint density at radius 2 is 2.17 bits per heavy atom. The molecule has 0 aliphatic carbocycles. The van der Waals surface area contributed by atoms with E-state index in [1.807, 2.05) is 13.1 Å². The molecule has 6 heteroatoms. The minimum absolute atomic E-state index is 0.0116. The first-order chi connectivity index (χ1) is 10.8. The van der Waals surface area contributed by atoms with Crippen LogP contribution in [0, 0.1) is 0 Å². The van der Waals surface area contributed by atoms with Gasteiger partial charge in [0, 0.05) is 30.9 Å². The molecule has 0 spiro atoms. The molecular formula is C17H29N5O. The monoisotopic (exact) mass is 319 g/mol. The number of hydrogen-bond acceptors (Lipinski definition) is 5. The fraction of sp³-hybridized carbons (Fsp3) is 0.529. The van der Waals surface area contributed by atoms with Crippen molar-refractivity contribution in [3.8, 4) is 0 Å². The topological polar surface area (TPSA) is 76.5 Å². The van der Waals surface area contributed by atoms with E-state index in [4.69, 9.17) is 5.11 Å². The third-order valence-corrected chi connectivity index (χ3v) is 3.71. The summed E-state index contributed by atoms with van der Waals surface area (Å²) in [6, 6.07) is 0.401. The van der Waals surface area contributed by atoms with Crippen molar-refractivity contribution in [2.45, 2.75) is 38.8 Å². The zero-order chi connectivity index (χ0) is 17.4. The lowest BCUT2D eigenvalue weighted by Gasteiger charge is -2.23.